The summed E-state index contributed by atoms with van der Waals surface area (Å²) in [6.45, 7) is 0.663. The highest BCUT2D eigenvalue weighted by molar-refractivity contribution is 9.10. The Bertz CT molecular complexity index is 401. The molecule has 1 aromatic rings. The minimum Gasteiger partial charge on any atom is -0.309 e. The van der Waals surface area contributed by atoms with Crippen LogP contribution < -0.4 is 5.32 Å². The number of benzene rings is 1. The number of hydrogen-bond acceptors (Lipinski definition) is 1. The molecule has 0 unspecified atom stereocenters. The summed E-state index contributed by atoms with van der Waals surface area (Å²) in [5.74, 6) is 1.61. The van der Waals surface area contributed by atoms with Gasteiger partial charge in [-0.1, -0.05) is 22.0 Å². The third kappa shape index (κ3) is 2.89. The SMILES string of the molecule is Fc1cc(Br)ccc1CNC(C1CC1)C1CC1. The van der Waals surface area contributed by atoms with Crippen LogP contribution in [0.3, 0.4) is 0 Å². The van der Waals surface area contributed by atoms with Gasteiger partial charge in [0.1, 0.15) is 5.82 Å². The van der Waals surface area contributed by atoms with Gasteiger partial charge in [0, 0.05) is 22.6 Å². The Hall–Kier alpha value is -0.410. The van der Waals surface area contributed by atoms with Crippen molar-refractivity contribution in [2.45, 2.75) is 38.3 Å². The van der Waals surface area contributed by atoms with Crippen molar-refractivity contribution in [1.82, 2.24) is 5.32 Å². The highest BCUT2D eigenvalue weighted by Crippen LogP contribution is 2.44. The molecule has 1 aromatic carbocycles. The Morgan fingerprint density at radius 1 is 1.24 bits per heavy atom. The smallest absolute Gasteiger partial charge is 0.128 e. The highest BCUT2D eigenvalue weighted by Gasteiger charge is 2.40. The number of halogens is 2. The van der Waals surface area contributed by atoms with Crippen LogP contribution >= 0.6 is 15.9 Å². The summed E-state index contributed by atoms with van der Waals surface area (Å²) >= 11 is 3.28. The van der Waals surface area contributed by atoms with E-state index in [1.165, 1.54) is 25.7 Å². The van der Waals surface area contributed by atoms with Crippen molar-refractivity contribution in [3.63, 3.8) is 0 Å². The molecule has 0 saturated heterocycles. The maximum atomic E-state index is 13.7. The molecule has 2 fully saturated rings. The molecule has 2 aliphatic rings. The van der Waals surface area contributed by atoms with Crippen LogP contribution in [-0.2, 0) is 6.54 Å². The van der Waals surface area contributed by atoms with Crippen LogP contribution in [0.15, 0.2) is 22.7 Å². The topological polar surface area (TPSA) is 12.0 Å². The van der Waals surface area contributed by atoms with Crippen LogP contribution in [0.1, 0.15) is 31.2 Å². The van der Waals surface area contributed by atoms with Crippen LogP contribution in [0.4, 0.5) is 4.39 Å². The second kappa shape index (κ2) is 4.69. The van der Waals surface area contributed by atoms with Gasteiger partial charge in [-0.15, -0.1) is 0 Å². The first-order valence-electron chi connectivity index (χ1n) is 6.41. The molecular weight excluding hydrogens is 281 g/mol. The van der Waals surface area contributed by atoms with Crippen molar-refractivity contribution in [2.24, 2.45) is 11.8 Å². The molecule has 0 heterocycles. The van der Waals surface area contributed by atoms with E-state index in [1.807, 2.05) is 12.1 Å². The highest BCUT2D eigenvalue weighted by atomic mass is 79.9. The summed E-state index contributed by atoms with van der Waals surface area (Å²) in [7, 11) is 0. The Kier molecular flexibility index (Phi) is 3.22. The summed E-state index contributed by atoms with van der Waals surface area (Å²) in [5.41, 5.74) is 0.777. The van der Waals surface area contributed by atoms with Crippen molar-refractivity contribution < 1.29 is 4.39 Å². The predicted octanol–water partition coefficient (Wildman–Crippen LogP) is 3.87. The fourth-order valence-corrected chi connectivity index (χ4v) is 2.85. The molecule has 0 atom stereocenters. The van der Waals surface area contributed by atoms with Crippen LogP contribution in [0.5, 0.6) is 0 Å². The third-order valence-electron chi connectivity index (χ3n) is 3.80. The molecule has 2 aliphatic carbocycles. The summed E-state index contributed by atoms with van der Waals surface area (Å²) in [6.07, 6.45) is 5.43. The largest absolute Gasteiger partial charge is 0.309 e. The van der Waals surface area contributed by atoms with Gasteiger partial charge in [0.15, 0.2) is 0 Å². The van der Waals surface area contributed by atoms with Gasteiger partial charge in [-0.3, -0.25) is 0 Å². The van der Waals surface area contributed by atoms with E-state index in [4.69, 9.17) is 0 Å². The molecule has 3 heteroatoms. The molecule has 92 valence electrons. The summed E-state index contributed by atoms with van der Waals surface area (Å²) < 4.78 is 14.5. The number of nitrogens with one attached hydrogen (secondary N) is 1. The molecule has 0 spiro atoms. The van der Waals surface area contributed by atoms with Gasteiger partial charge in [-0.25, -0.2) is 4.39 Å². The average Bonchev–Trinajstić information content (AvgIpc) is 3.15. The first-order chi connectivity index (χ1) is 8.24. The standard InChI is InChI=1S/C14H17BrFN/c15-12-6-5-11(13(16)7-12)8-17-14(9-1-2-9)10-3-4-10/h5-7,9-10,14,17H,1-4,8H2. The molecule has 2 saturated carbocycles. The molecule has 0 aromatic heterocycles. The fourth-order valence-electron chi connectivity index (χ4n) is 2.52. The van der Waals surface area contributed by atoms with Crippen molar-refractivity contribution in [2.75, 3.05) is 0 Å². The van der Waals surface area contributed by atoms with Crippen LogP contribution in [0.25, 0.3) is 0 Å². The predicted molar refractivity (Wildman–Crippen MR) is 70.2 cm³/mol. The van der Waals surface area contributed by atoms with E-state index >= 15 is 0 Å². The molecule has 1 nitrogen and oxygen atoms in total. The summed E-state index contributed by atoms with van der Waals surface area (Å²) in [5, 5.41) is 3.56. The maximum absolute atomic E-state index is 13.7. The minimum absolute atomic E-state index is 0.114. The van der Waals surface area contributed by atoms with Gasteiger partial charge in [0.25, 0.3) is 0 Å². The van der Waals surface area contributed by atoms with E-state index in [9.17, 15) is 4.39 Å². The van der Waals surface area contributed by atoms with Crippen molar-refractivity contribution >= 4 is 15.9 Å². The lowest BCUT2D eigenvalue weighted by atomic mass is 10.1. The monoisotopic (exact) mass is 297 g/mol. The zero-order chi connectivity index (χ0) is 11.8. The molecule has 1 N–H and O–H groups in total. The van der Waals surface area contributed by atoms with Gasteiger partial charge in [-0.2, -0.15) is 0 Å². The molecule has 0 amide bonds. The molecule has 17 heavy (non-hydrogen) atoms. The quantitative estimate of drug-likeness (QED) is 0.870. The normalized spacial score (nSPS) is 19.9. The minimum atomic E-state index is -0.114. The van der Waals surface area contributed by atoms with Crippen LogP contribution in [0, 0.1) is 17.7 Å². The van der Waals surface area contributed by atoms with Gasteiger partial charge in [0.05, 0.1) is 0 Å². The van der Waals surface area contributed by atoms with Gasteiger partial charge >= 0.3 is 0 Å². The van der Waals surface area contributed by atoms with E-state index in [2.05, 4.69) is 21.2 Å². The van der Waals surface area contributed by atoms with E-state index in [1.54, 1.807) is 6.07 Å². The number of rotatable bonds is 5. The van der Waals surface area contributed by atoms with E-state index in [0.29, 0.717) is 12.6 Å². The van der Waals surface area contributed by atoms with E-state index in [-0.39, 0.29) is 5.82 Å². The first kappa shape index (κ1) is 11.7. The van der Waals surface area contributed by atoms with Gasteiger partial charge in [0.2, 0.25) is 0 Å². The number of hydrogen-bond donors (Lipinski definition) is 1. The lowest BCUT2D eigenvalue weighted by molar-refractivity contribution is 0.411. The maximum Gasteiger partial charge on any atom is 0.128 e. The van der Waals surface area contributed by atoms with Crippen LogP contribution in [-0.4, -0.2) is 6.04 Å². The Morgan fingerprint density at radius 2 is 1.88 bits per heavy atom. The van der Waals surface area contributed by atoms with Gasteiger partial charge < -0.3 is 5.32 Å². The molecule has 3 rings (SSSR count). The molecular formula is C14H17BrFN. The first-order valence-corrected chi connectivity index (χ1v) is 7.20. The average molecular weight is 298 g/mol. The van der Waals surface area contributed by atoms with Crippen molar-refractivity contribution in [3.8, 4) is 0 Å². The summed E-state index contributed by atoms with van der Waals surface area (Å²) in [6, 6.07) is 5.95. The Labute approximate surface area is 110 Å². The Morgan fingerprint density at radius 3 is 2.41 bits per heavy atom. The molecule has 0 bridgehead atoms. The fraction of sp³-hybridized carbons (Fsp3) is 0.571. The zero-order valence-electron chi connectivity index (χ0n) is 9.76. The third-order valence-corrected chi connectivity index (χ3v) is 4.30. The zero-order valence-corrected chi connectivity index (χ0v) is 11.3. The second-order valence-corrected chi connectivity index (χ2v) is 6.23. The summed E-state index contributed by atoms with van der Waals surface area (Å²) in [4.78, 5) is 0. The second-order valence-electron chi connectivity index (χ2n) is 5.32. The lowest BCUT2D eigenvalue weighted by Crippen LogP contribution is -2.32. The molecule has 0 radical (unpaired) electrons. The van der Waals surface area contributed by atoms with Gasteiger partial charge in [-0.05, 0) is 49.7 Å². The van der Waals surface area contributed by atoms with Crippen molar-refractivity contribution in [3.05, 3.63) is 34.1 Å². The lowest BCUT2D eigenvalue weighted by Gasteiger charge is -2.17. The van der Waals surface area contributed by atoms with Crippen LogP contribution in [0.2, 0.25) is 0 Å². The van der Waals surface area contributed by atoms with Crippen molar-refractivity contribution in [1.29, 1.82) is 0 Å². The van der Waals surface area contributed by atoms with E-state index in [0.717, 1.165) is 21.9 Å². The molecule has 0 aliphatic heterocycles. The van der Waals surface area contributed by atoms with E-state index < -0.39 is 0 Å². The Balaban J connectivity index is 1.62.